The van der Waals surface area contributed by atoms with Crippen LogP contribution in [0.3, 0.4) is 0 Å². The molecule has 11 atom stereocenters. The van der Waals surface area contributed by atoms with Crippen molar-refractivity contribution in [3.05, 3.63) is 72.9 Å². The first-order chi connectivity index (χ1) is 35.0. The fourth-order valence-electron chi connectivity index (χ4n) is 8.12. The van der Waals surface area contributed by atoms with E-state index in [0.717, 1.165) is 70.6 Å². The average Bonchev–Trinajstić information content (AvgIpc) is 3.37. The molecule has 0 amide bonds. The number of hydrogen-bond acceptors (Lipinski definition) is 15. The lowest BCUT2D eigenvalue weighted by atomic mass is 9.98. The Labute approximate surface area is 432 Å². The van der Waals surface area contributed by atoms with Gasteiger partial charge in [-0.2, -0.15) is 0 Å². The van der Waals surface area contributed by atoms with Gasteiger partial charge in [0.1, 0.15) is 55.4 Å². The maximum absolute atomic E-state index is 13.0. The van der Waals surface area contributed by atoms with Crippen LogP contribution >= 0.6 is 0 Å². The van der Waals surface area contributed by atoms with Gasteiger partial charge in [0.05, 0.1) is 19.8 Å². The van der Waals surface area contributed by atoms with Crippen LogP contribution in [0.15, 0.2) is 72.9 Å². The van der Waals surface area contributed by atoms with Gasteiger partial charge in [0.25, 0.3) is 0 Å². The maximum atomic E-state index is 13.0. The largest absolute Gasteiger partial charge is 0.462 e. The van der Waals surface area contributed by atoms with E-state index in [1.54, 1.807) is 0 Å². The number of allylic oxidation sites excluding steroid dienone is 12. The predicted molar refractivity (Wildman–Crippen MR) is 279 cm³/mol. The third kappa shape index (κ3) is 30.3. The number of esters is 2. The Balaban J connectivity index is 1.82. The van der Waals surface area contributed by atoms with Crippen LogP contribution in [0.2, 0.25) is 0 Å². The quantitative estimate of drug-likeness (QED) is 0.0172. The molecule has 2 aliphatic rings. The van der Waals surface area contributed by atoms with Gasteiger partial charge in [-0.3, -0.25) is 9.59 Å². The molecule has 0 spiro atoms. The molecule has 4 unspecified atom stereocenters. The Bertz CT molecular complexity index is 1530. The van der Waals surface area contributed by atoms with Gasteiger partial charge < -0.3 is 64.2 Å². The molecule has 0 aromatic heterocycles. The summed E-state index contributed by atoms with van der Waals surface area (Å²) in [4.78, 5) is 25.8. The van der Waals surface area contributed by atoms with E-state index in [-0.39, 0.29) is 19.4 Å². The smallest absolute Gasteiger partial charge is 0.306 e. The van der Waals surface area contributed by atoms with E-state index in [1.165, 1.54) is 64.2 Å². The lowest BCUT2D eigenvalue weighted by Crippen LogP contribution is -2.61. The Morgan fingerprint density at radius 1 is 0.444 bits per heavy atom. The number of aliphatic hydroxyl groups excluding tert-OH is 7. The Morgan fingerprint density at radius 3 is 1.38 bits per heavy atom. The lowest BCUT2D eigenvalue weighted by Gasteiger charge is -2.42. The minimum absolute atomic E-state index is 0.0830. The molecule has 2 saturated heterocycles. The number of aliphatic hydroxyl groups is 7. The maximum Gasteiger partial charge on any atom is 0.306 e. The molecular formula is C57H96O15. The molecule has 0 radical (unpaired) electrons. The fourth-order valence-corrected chi connectivity index (χ4v) is 8.12. The van der Waals surface area contributed by atoms with E-state index < -0.39 is 99.3 Å². The third-order valence-corrected chi connectivity index (χ3v) is 12.7. The summed E-state index contributed by atoms with van der Waals surface area (Å²) in [5, 5.41) is 72.2. The van der Waals surface area contributed by atoms with Gasteiger partial charge in [-0.25, -0.2) is 0 Å². The molecular weight excluding hydrogens is 925 g/mol. The monoisotopic (exact) mass is 1020 g/mol. The van der Waals surface area contributed by atoms with E-state index in [9.17, 15) is 45.3 Å². The number of carbonyl (C=O) groups is 2. The Hall–Kier alpha value is -3.06. The van der Waals surface area contributed by atoms with Crippen LogP contribution in [0.1, 0.15) is 181 Å². The molecule has 15 heteroatoms. The molecule has 0 aliphatic carbocycles. The van der Waals surface area contributed by atoms with Crippen molar-refractivity contribution in [3.63, 3.8) is 0 Å². The minimum Gasteiger partial charge on any atom is -0.462 e. The molecule has 72 heavy (non-hydrogen) atoms. The van der Waals surface area contributed by atoms with Crippen LogP contribution in [0, 0.1) is 0 Å². The van der Waals surface area contributed by atoms with Crippen molar-refractivity contribution in [1.82, 2.24) is 0 Å². The van der Waals surface area contributed by atoms with Gasteiger partial charge in [0.15, 0.2) is 18.7 Å². The second kappa shape index (κ2) is 43.2. The predicted octanol–water partition coefficient (Wildman–Crippen LogP) is 8.60. The van der Waals surface area contributed by atoms with Crippen molar-refractivity contribution in [2.24, 2.45) is 0 Å². The highest BCUT2D eigenvalue weighted by Gasteiger charge is 2.47. The van der Waals surface area contributed by atoms with Gasteiger partial charge in [-0.15, -0.1) is 0 Å². The van der Waals surface area contributed by atoms with Gasteiger partial charge in [-0.05, 0) is 83.5 Å². The summed E-state index contributed by atoms with van der Waals surface area (Å²) in [5.74, 6) is -1.01. The van der Waals surface area contributed by atoms with Crippen LogP contribution in [-0.4, -0.2) is 142 Å². The Morgan fingerprint density at radius 2 is 0.847 bits per heavy atom. The van der Waals surface area contributed by atoms with Crippen LogP contribution in [0.5, 0.6) is 0 Å². The van der Waals surface area contributed by atoms with Crippen molar-refractivity contribution < 1.29 is 73.8 Å². The van der Waals surface area contributed by atoms with Gasteiger partial charge in [0, 0.05) is 12.8 Å². The normalized spacial score (nSPS) is 25.6. The highest BCUT2D eigenvalue weighted by Crippen LogP contribution is 2.26. The molecule has 2 heterocycles. The number of carbonyl (C=O) groups excluding carboxylic acids is 2. The number of rotatable bonds is 42. The minimum atomic E-state index is -1.78. The topological polar surface area (TPSA) is 231 Å². The molecule has 7 N–H and O–H groups in total. The lowest BCUT2D eigenvalue weighted by molar-refractivity contribution is -0.332. The molecule has 0 bridgehead atoms. The van der Waals surface area contributed by atoms with Gasteiger partial charge in [0.2, 0.25) is 0 Å². The molecule has 2 aliphatic heterocycles. The third-order valence-electron chi connectivity index (χ3n) is 12.7. The molecule has 2 fully saturated rings. The number of hydrogen-bond donors (Lipinski definition) is 7. The number of unbranched alkanes of at least 4 members (excludes halogenated alkanes) is 16. The first-order valence-electron chi connectivity index (χ1n) is 27.5. The summed E-state index contributed by atoms with van der Waals surface area (Å²) in [7, 11) is 0. The summed E-state index contributed by atoms with van der Waals surface area (Å²) in [5.41, 5.74) is 0. The molecule has 0 aromatic rings. The van der Waals surface area contributed by atoms with E-state index in [1.807, 2.05) is 12.2 Å². The van der Waals surface area contributed by atoms with Gasteiger partial charge in [-0.1, -0.05) is 157 Å². The standard InChI is InChI=1S/C57H96O15/c1-3-5-7-9-11-13-15-17-19-20-21-22-23-24-26-28-30-32-34-36-38-40-49(60)70-45(42-67-48(59)39-37-35-33-31-29-27-25-18-16-14-12-10-8-6-4-2)43-68-56-55(66)53(64)51(62)47(72-56)44-69-57-54(65)52(63)50(61)46(41-58)71-57/h12,14,18-20,22-23,25-26,28,32,34,45-47,50-58,61-66H,3-11,13,15-17,21,24,27,29-31,33,35-44H2,1-2H3/b14-12+,20-19+,23-22+,25-18+,28-26+,34-32+/t45-,46+,47+,50-,51-,52?,53?,54?,55?,56+,57+/m1/s1. The summed E-state index contributed by atoms with van der Waals surface area (Å²) in [6, 6.07) is 0. The van der Waals surface area contributed by atoms with E-state index >= 15 is 0 Å². The molecule has 0 saturated carbocycles. The van der Waals surface area contributed by atoms with Crippen molar-refractivity contribution in [1.29, 1.82) is 0 Å². The number of ether oxygens (including phenoxy) is 6. The fraction of sp³-hybridized carbons (Fsp3) is 0.754. The van der Waals surface area contributed by atoms with Crippen molar-refractivity contribution in [2.75, 3.05) is 26.4 Å². The zero-order chi connectivity index (χ0) is 52.4. The highest BCUT2D eigenvalue weighted by molar-refractivity contribution is 5.70. The second-order valence-electron chi connectivity index (χ2n) is 19.0. The summed E-state index contributed by atoms with van der Waals surface area (Å²) in [6.45, 7) is 2.48. The molecule has 15 nitrogen and oxygen atoms in total. The van der Waals surface area contributed by atoms with E-state index in [2.05, 4.69) is 74.6 Å². The van der Waals surface area contributed by atoms with Crippen LogP contribution < -0.4 is 0 Å². The van der Waals surface area contributed by atoms with E-state index in [0.29, 0.717) is 19.3 Å². The van der Waals surface area contributed by atoms with Crippen molar-refractivity contribution in [3.8, 4) is 0 Å². The molecule has 2 rings (SSSR count). The molecule has 0 aromatic carbocycles. The average molecular weight is 1020 g/mol. The van der Waals surface area contributed by atoms with Crippen LogP contribution in [0.4, 0.5) is 0 Å². The summed E-state index contributed by atoms with van der Waals surface area (Å²) in [6.07, 6.45) is 35.0. The Kier molecular flexibility index (Phi) is 39.0. The second-order valence-corrected chi connectivity index (χ2v) is 19.0. The SMILES string of the molecule is CCCCC/C=C/C/C=C/CCCCCCCC(=O)OC[C@H](CO[C@H]1O[C@@H](CO[C@H]2O[C@@H](CO)[C@@H](O)C(O)C2O)[C@@H](O)C(O)C1O)OC(=O)CCC/C=C/C/C=C/C/C=C/C/C=C/CCCCCCCCC. The van der Waals surface area contributed by atoms with Crippen LogP contribution in [0.25, 0.3) is 0 Å². The van der Waals surface area contributed by atoms with Crippen molar-refractivity contribution in [2.45, 2.75) is 248 Å². The zero-order valence-corrected chi connectivity index (χ0v) is 43.9. The summed E-state index contributed by atoms with van der Waals surface area (Å²) >= 11 is 0. The highest BCUT2D eigenvalue weighted by atomic mass is 16.7. The van der Waals surface area contributed by atoms with Crippen LogP contribution in [-0.2, 0) is 38.0 Å². The van der Waals surface area contributed by atoms with E-state index in [4.69, 9.17) is 28.4 Å². The molecule has 414 valence electrons. The first kappa shape index (κ1) is 65.1. The van der Waals surface area contributed by atoms with Gasteiger partial charge >= 0.3 is 11.9 Å². The van der Waals surface area contributed by atoms with Crippen molar-refractivity contribution >= 4 is 11.9 Å². The first-order valence-corrected chi connectivity index (χ1v) is 27.5. The zero-order valence-electron chi connectivity index (χ0n) is 43.9. The summed E-state index contributed by atoms with van der Waals surface area (Å²) < 4.78 is 33.5.